The van der Waals surface area contributed by atoms with Crippen LogP contribution in [0.4, 0.5) is 0 Å². The molecule has 0 bridgehead atoms. The number of hydrogen-bond donors (Lipinski definition) is 0. The first kappa shape index (κ1) is 13.4. The molecule has 0 unspecified atom stereocenters. The monoisotopic (exact) mass is 164 g/mol. The van der Waals surface area contributed by atoms with Crippen molar-refractivity contribution in [1.82, 2.24) is 0 Å². The molecule has 0 fully saturated rings. The molecule has 11 heavy (non-hydrogen) atoms. The number of carbonyl (C=O) groups is 1. The van der Waals surface area contributed by atoms with E-state index in [1.165, 1.54) is 6.92 Å². The van der Waals surface area contributed by atoms with Crippen LogP contribution in [-0.4, -0.2) is 32.9 Å². The van der Waals surface area contributed by atoms with Gasteiger partial charge in [-0.05, 0) is 0 Å². The second-order valence-corrected chi connectivity index (χ2v) is 7.82. The van der Waals surface area contributed by atoms with Crippen LogP contribution in [-0.2, 0) is 9.53 Å². The standard InChI is InChI=1S/C7H12O2Si.Li.H/c1-7(8)9-5-6-10(2,3)4;;/h1-4H3;;. The van der Waals surface area contributed by atoms with Gasteiger partial charge in [-0.1, -0.05) is 25.2 Å². The molecule has 0 heterocycles. The summed E-state index contributed by atoms with van der Waals surface area (Å²) in [7, 11) is -1.36. The van der Waals surface area contributed by atoms with Crippen molar-refractivity contribution >= 4 is 32.9 Å². The van der Waals surface area contributed by atoms with Crippen molar-refractivity contribution in [3.63, 3.8) is 0 Å². The summed E-state index contributed by atoms with van der Waals surface area (Å²) >= 11 is 0. The molecule has 0 aromatic rings. The second kappa shape index (κ2) is 5.49. The fraction of sp³-hybridized carbons (Fsp3) is 0.571. The topological polar surface area (TPSA) is 26.3 Å². The van der Waals surface area contributed by atoms with Gasteiger partial charge < -0.3 is 4.74 Å². The average molecular weight is 164 g/mol. The summed E-state index contributed by atoms with van der Waals surface area (Å²) in [5, 5.41) is 0. The maximum atomic E-state index is 10.2. The van der Waals surface area contributed by atoms with Crippen molar-refractivity contribution in [2.45, 2.75) is 26.6 Å². The predicted octanol–water partition coefficient (Wildman–Crippen LogP) is 0.739. The summed E-state index contributed by atoms with van der Waals surface area (Å²) in [4.78, 5) is 10.2. The fourth-order valence-corrected chi connectivity index (χ4v) is 0.608. The molecule has 0 saturated heterocycles. The van der Waals surface area contributed by atoms with E-state index in [-0.39, 0.29) is 24.8 Å². The second-order valence-electron chi connectivity index (χ2n) is 3.07. The molecular weight excluding hydrogens is 151 g/mol. The van der Waals surface area contributed by atoms with E-state index >= 15 is 0 Å². The first-order valence-corrected chi connectivity index (χ1v) is 6.61. The number of carbonyl (C=O) groups excluding carboxylic acids is 1. The molecule has 0 atom stereocenters. The Bertz CT molecular complexity index is 185. The number of esters is 1. The predicted molar refractivity (Wildman–Crippen MR) is 50.0 cm³/mol. The van der Waals surface area contributed by atoms with E-state index in [9.17, 15) is 4.79 Å². The molecule has 0 amide bonds. The Hall–Kier alpha value is -0.156. The average Bonchev–Trinajstić information content (AvgIpc) is 1.59. The molecule has 58 valence electrons. The van der Waals surface area contributed by atoms with Crippen molar-refractivity contribution in [2.75, 3.05) is 0 Å². The van der Waals surface area contributed by atoms with E-state index in [1.807, 2.05) is 0 Å². The molecule has 0 aliphatic carbocycles. The zero-order valence-corrected chi connectivity index (χ0v) is 7.82. The summed E-state index contributed by atoms with van der Waals surface area (Å²) in [6.07, 6.45) is 2.39. The van der Waals surface area contributed by atoms with Gasteiger partial charge in [-0.25, -0.2) is 0 Å². The third-order valence-corrected chi connectivity index (χ3v) is 1.47. The van der Waals surface area contributed by atoms with Crippen molar-refractivity contribution in [3.8, 4) is 11.7 Å². The molecule has 0 saturated carbocycles. The van der Waals surface area contributed by atoms with Crippen LogP contribution < -0.4 is 0 Å². The molecule has 4 heteroatoms. The molecule has 0 aromatic heterocycles. The van der Waals surface area contributed by atoms with Crippen LogP contribution >= 0.6 is 0 Å². The van der Waals surface area contributed by atoms with Crippen LogP contribution in [0.1, 0.15) is 6.92 Å². The Kier molecular flexibility index (Phi) is 6.70. The van der Waals surface area contributed by atoms with E-state index in [4.69, 9.17) is 0 Å². The Morgan fingerprint density at radius 2 is 1.82 bits per heavy atom. The first-order chi connectivity index (χ1) is 4.42. The third kappa shape index (κ3) is 12.9. The normalized spacial score (nSPS) is 8.73. The van der Waals surface area contributed by atoms with Crippen LogP contribution in [0.15, 0.2) is 0 Å². The first-order valence-electron chi connectivity index (χ1n) is 3.11. The minimum absolute atomic E-state index is 0. The number of ether oxygens (including phenoxy) is 1. The van der Waals surface area contributed by atoms with E-state index in [0.717, 1.165) is 0 Å². The molecule has 0 aliphatic heterocycles. The Balaban J connectivity index is 0. The van der Waals surface area contributed by atoms with E-state index in [1.54, 1.807) is 0 Å². The Morgan fingerprint density at radius 1 is 1.36 bits per heavy atom. The van der Waals surface area contributed by atoms with Crippen LogP contribution in [0.2, 0.25) is 19.6 Å². The third-order valence-electron chi connectivity index (χ3n) is 0.621. The summed E-state index contributed by atoms with van der Waals surface area (Å²) in [5.41, 5.74) is 2.90. The molecule has 0 aliphatic rings. The van der Waals surface area contributed by atoms with Gasteiger partial charge in [0, 0.05) is 6.92 Å². The van der Waals surface area contributed by atoms with Crippen molar-refractivity contribution in [1.29, 1.82) is 0 Å². The fourth-order valence-electron chi connectivity index (χ4n) is 0.250. The van der Waals surface area contributed by atoms with Gasteiger partial charge in [-0.2, -0.15) is 0 Å². The Labute approximate surface area is 80.9 Å². The number of hydrogen-bond acceptors (Lipinski definition) is 2. The maximum absolute atomic E-state index is 10.2. The molecule has 2 nitrogen and oxygen atoms in total. The van der Waals surface area contributed by atoms with E-state index in [0.29, 0.717) is 0 Å². The van der Waals surface area contributed by atoms with E-state index in [2.05, 4.69) is 36.0 Å². The molecule has 0 radical (unpaired) electrons. The molecule has 0 rings (SSSR count). The van der Waals surface area contributed by atoms with Crippen molar-refractivity contribution in [3.05, 3.63) is 0 Å². The van der Waals surface area contributed by atoms with Gasteiger partial charge in [0.15, 0.2) is 0 Å². The molecule has 0 spiro atoms. The van der Waals surface area contributed by atoms with Crippen LogP contribution in [0, 0.1) is 11.7 Å². The molecular formula is C7H13LiO2Si. The number of rotatable bonds is 0. The summed E-state index contributed by atoms with van der Waals surface area (Å²) in [6.45, 7) is 7.61. The van der Waals surface area contributed by atoms with Gasteiger partial charge in [-0.15, -0.1) is 0 Å². The summed E-state index contributed by atoms with van der Waals surface area (Å²) in [5.74, 6) is -0.342. The SMILES string of the molecule is CC(=O)OC#C[Si](C)(C)C.[LiH]. The van der Waals surface area contributed by atoms with Crippen molar-refractivity contribution in [2.24, 2.45) is 0 Å². The Morgan fingerprint density at radius 3 is 2.09 bits per heavy atom. The molecule has 0 aromatic carbocycles. The van der Waals surface area contributed by atoms with Gasteiger partial charge in [0.1, 0.15) is 14.2 Å². The quantitative estimate of drug-likeness (QED) is 0.300. The van der Waals surface area contributed by atoms with Crippen LogP contribution in [0.25, 0.3) is 0 Å². The van der Waals surface area contributed by atoms with Crippen molar-refractivity contribution < 1.29 is 9.53 Å². The van der Waals surface area contributed by atoms with Crippen LogP contribution in [0.3, 0.4) is 0 Å². The van der Waals surface area contributed by atoms with Gasteiger partial charge in [0.25, 0.3) is 0 Å². The zero-order valence-electron chi connectivity index (χ0n) is 6.82. The van der Waals surface area contributed by atoms with Gasteiger partial charge in [0.05, 0.1) is 0 Å². The zero-order chi connectivity index (χ0) is 8.20. The van der Waals surface area contributed by atoms with Gasteiger partial charge in [0.2, 0.25) is 0 Å². The minimum atomic E-state index is -1.36. The van der Waals surface area contributed by atoms with Crippen LogP contribution in [0.5, 0.6) is 0 Å². The van der Waals surface area contributed by atoms with Gasteiger partial charge in [-0.3, -0.25) is 4.79 Å². The van der Waals surface area contributed by atoms with Gasteiger partial charge >= 0.3 is 24.8 Å². The van der Waals surface area contributed by atoms with E-state index < -0.39 is 8.07 Å². The summed E-state index contributed by atoms with van der Waals surface area (Å²) < 4.78 is 4.45. The summed E-state index contributed by atoms with van der Waals surface area (Å²) in [6, 6.07) is 0. The molecule has 0 N–H and O–H groups in total.